The minimum Gasteiger partial charge on any atom is -0.343 e. The fraction of sp³-hybridized carbons (Fsp3) is 0.800. The maximum absolute atomic E-state index is 3.68. The minimum atomic E-state index is 0. The van der Waals surface area contributed by atoms with Crippen molar-refractivity contribution in [1.29, 1.82) is 0 Å². The predicted octanol–water partition coefficient (Wildman–Crippen LogP) is 3.64. The van der Waals surface area contributed by atoms with Gasteiger partial charge in [-0.25, -0.2) is 0 Å². The molecular formula is C10H22Sr. The van der Waals surface area contributed by atoms with E-state index < -0.39 is 0 Å². The van der Waals surface area contributed by atoms with E-state index in [9.17, 15) is 0 Å². The van der Waals surface area contributed by atoms with Gasteiger partial charge in [0.15, 0.2) is 0 Å². The number of rotatable bonds is 4. The van der Waals surface area contributed by atoms with Gasteiger partial charge >= 0.3 is 45.5 Å². The maximum Gasteiger partial charge on any atom is 2.00 e. The average molecular weight is 230 g/mol. The topological polar surface area (TPSA) is 0 Å². The standard InChI is InChI=1S/2C5H11.Sr/c2*1-3-5-4-2;/h2*1,3-5H2,2H3;/q2*-1;+2. The van der Waals surface area contributed by atoms with Gasteiger partial charge < -0.3 is 13.8 Å². The first-order valence-electron chi connectivity index (χ1n) is 4.41. The molecule has 0 aromatic carbocycles. The molecule has 0 aliphatic heterocycles. The molecule has 0 saturated heterocycles. The van der Waals surface area contributed by atoms with Crippen LogP contribution in [0.4, 0.5) is 0 Å². The molecule has 0 spiro atoms. The Kier molecular flexibility index (Phi) is 37.5. The van der Waals surface area contributed by atoms with Crippen LogP contribution in [0.15, 0.2) is 0 Å². The van der Waals surface area contributed by atoms with Crippen molar-refractivity contribution in [3.63, 3.8) is 0 Å². The molecule has 0 aliphatic carbocycles. The van der Waals surface area contributed by atoms with Crippen molar-refractivity contribution in [2.24, 2.45) is 0 Å². The summed E-state index contributed by atoms with van der Waals surface area (Å²) >= 11 is 0. The second-order valence-corrected chi connectivity index (χ2v) is 2.41. The largest absolute Gasteiger partial charge is 2.00 e. The van der Waals surface area contributed by atoms with Crippen molar-refractivity contribution in [2.75, 3.05) is 0 Å². The summed E-state index contributed by atoms with van der Waals surface area (Å²) in [7, 11) is 0. The van der Waals surface area contributed by atoms with E-state index in [2.05, 4.69) is 27.7 Å². The molecule has 0 radical (unpaired) electrons. The van der Waals surface area contributed by atoms with Gasteiger partial charge in [-0.3, -0.25) is 0 Å². The van der Waals surface area contributed by atoms with Crippen LogP contribution in [-0.2, 0) is 0 Å². The van der Waals surface area contributed by atoms with Crippen molar-refractivity contribution in [3.05, 3.63) is 13.8 Å². The molecule has 0 atom stereocenters. The minimum absolute atomic E-state index is 0. The summed E-state index contributed by atoms with van der Waals surface area (Å²) < 4.78 is 0. The molecule has 0 aromatic heterocycles. The van der Waals surface area contributed by atoms with Crippen LogP contribution in [-0.4, -0.2) is 45.5 Å². The number of unbranched alkanes of at least 4 members (excludes halogenated alkanes) is 4. The van der Waals surface area contributed by atoms with Crippen LogP contribution < -0.4 is 0 Å². The van der Waals surface area contributed by atoms with Crippen LogP contribution in [0.1, 0.15) is 52.4 Å². The van der Waals surface area contributed by atoms with E-state index in [1.807, 2.05) is 0 Å². The molecule has 11 heavy (non-hydrogen) atoms. The molecule has 0 aromatic rings. The predicted molar refractivity (Wildman–Crippen MR) is 55.5 cm³/mol. The Morgan fingerprint density at radius 1 is 0.818 bits per heavy atom. The van der Waals surface area contributed by atoms with Crippen LogP contribution in [0.2, 0.25) is 0 Å². The van der Waals surface area contributed by atoms with Crippen LogP contribution >= 0.6 is 0 Å². The van der Waals surface area contributed by atoms with E-state index in [1.165, 1.54) is 25.7 Å². The molecule has 0 nitrogen and oxygen atoms in total. The van der Waals surface area contributed by atoms with Gasteiger partial charge in [0.25, 0.3) is 0 Å². The first kappa shape index (κ1) is 18.3. The monoisotopic (exact) mass is 230 g/mol. The van der Waals surface area contributed by atoms with Crippen molar-refractivity contribution >= 4 is 45.5 Å². The van der Waals surface area contributed by atoms with Crippen molar-refractivity contribution in [2.45, 2.75) is 52.4 Å². The smallest absolute Gasteiger partial charge is 0.343 e. The SMILES string of the molecule is [CH2-]CCCC.[CH2-]CCCC.[Sr+2]. The van der Waals surface area contributed by atoms with Crippen LogP contribution in [0.3, 0.4) is 0 Å². The summed E-state index contributed by atoms with van der Waals surface area (Å²) in [5.74, 6) is 0. The number of hydrogen-bond acceptors (Lipinski definition) is 0. The first-order chi connectivity index (χ1) is 4.83. The van der Waals surface area contributed by atoms with Gasteiger partial charge in [0.1, 0.15) is 0 Å². The van der Waals surface area contributed by atoms with Gasteiger partial charge in [-0.15, -0.1) is 0 Å². The summed E-state index contributed by atoms with van der Waals surface area (Å²) in [5.41, 5.74) is 0. The summed E-state index contributed by atoms with van der Waals surface area (Å²) in [6.07, 6.45) is 7.31. The third-order valence-electron chi connectivity index (χ3n) is 1.21. The Bertz CT molecular complexity index is 25.9. The molecular weight excluding hydrogens is 208 g/mol. The second kappa shape index (κ2) is 22.5. The zero-order valence-electron chi connectivity index (χ0n) is 8.36. The summed E-state index contributed by atoms with van der Waals surface area (Å²) in [4.78, 5) is 0. The van der Waals surface area contributed by atoms with Gasteiger partial charge in [-0.2, -0.15) is 12.8 Å². The Morgan fingerprint density at radius 2 is 1.09 bits per heavy atom. The quantitative estimate of drug-likeness (QED) is 0.510. The first-order valence-corrected chi connectivity index (χ1v) is 4.41. The molecule has 0 rings (SSSR count). The maximum atomic E-state index is 3.68. The molecule has 0 unspecified atom stereocenters. The summed E-state index contributed by atoms with van der Waals surface area (Å²) in [6.45, 7) is 11.7. The van der Waals surface area contributed by atoms with Crippen LogP contribution in [0.25, 0.3) is 0 Å². The third-order valence-corrected chi connectivity index (χ3v) is 1.21. The molecule has 0 saturated carbocycles. The van der Waals surface area contributed by atoms with Crippen molar-refractivity contribution < 1.29 is 0 Å². The van der Waals surface area contributed by atoms with Gasteiger partial charge in [0, 0.05) is 0 Å². The summed E-state index contributed by atoms with van der Waals surface area (Å²) in [5, 5.41) is 0. The molecule has 0 bridgehead atoms. The van der Waals surface area contributed by atoms with E-state index >= 15 is 0 Å². The second-order valence-electron chi connectivity index (χ2n) is 2.41. The van der Waals surface area contributed by atoms with E-state index in [-0.39, 0.29) is 45.5 Å². The van der Waals surface area contributed by atoms with E-state index in [1.54, 1.807) is 0 Å². The Labute approximate surface area is 110 Å². The van der Waals surface area contributed by atoms with Crippen LogP contribution in [0, 0.1) is 13.8 Å². The molecule has 0 amide bonds. The molecule has 0 fully saturated rings. The molecule has 1 heteroatoms. The molecule has 0 N–H and O–H groups in total. The zero-order valence-corrected chi connectivity index (χ0v) is 11.8. The summed E-state index contributed by atoms with van der Waals surface area (Å²) in [6, 6.07) is 0. The molecule has 0 heterocycles. The van der Waals surface area contributed by atoms with E-state index in [0.717, 1.165) is 12.8 Å². The van der Waals surface area contributed by atoms with Crippen molar-refractivity contribution in [1.82, 2.24) is 0 Å². The normalized spacial score (nSPS) is 7.64. The Balaban J connectivity index is -0.000000107. The average Bonchev–Trinajstić information content (AvgIpc) is 1.93. The fourth-order valence-electron chi connectivity index (χ4n) is 0.500. The van der Waals surface area contributed by atoms with Crippen LogP contribution in [0.5, 0.6) is 0 Å². The Morgan fingerprint density at radius 3 is 1.09 bits per heavy atom. The Hall–Kier alpha value is 1.48. The van der Waals surface area contributed by atoms with Gasteiger partial charge in [0.2, 0.25) is 0 Å². The van der Waals surface area contributed by atoms with Crippen molar-refractivity contribution in [3.8, 4) is 0 Å². The fourth-order valence-corrected chi connectivity index (χ4v) is 0.500. The van der Waals surface area contributed by atoms with Gasteiger partial charge in [-0.05, 0) is 0 Å². The van der Waals surface area contributed by atoms with Gasteiger partial charge in [-0.1, -0.05) is 39.5 Å². The zero-order chi connectivity index (χ0) is 8.24. The van der Waals surface area contributed by atoms with Gasteiger partial charge in [0.05, 0.1) is 0 Å². The molecule has 64 valence electrons. The number of hydrogen-bond donors (Lipinski definition) is 0. The third kappa shape index (κ3) is 34.4. The molecule has 0 aliphatic rings. The van der Waals surface area contributed by atoms with E-state index in [0.29, 0.717) is 0 Å². The van der Waals surface area contributed by atoms with E-state index in [4.69, 9.17) is 0 Å².